The Labute approximate surface area is 130 Å². The number of aryl methyl sites for hydroxylation is 1. The van der Waals surface area contributed by atoms with E-state index in [4.69, 9.17) is 0 Å². The van der Waals surface area contributed by atoms with E-state index in [0.29, 0.717) is 25.5 Å². The molecule has 2 aromatic rings. The zero-order valence-corrected chi connectivity index (χ0v) is 13.3. The Morgan fingerprint density at radius 3 is 2.68 bits per heavy atom. The maximum atomic E-state index is 12.5. The Hall–Kier alpha value is -1.93. The van der Waals surface area contributed by atoms with Gasteiger partial charge in [0.05, 0.1) is 17.1 Å². The Bertz CT molecular complexity index is 750. The number of pyridine rings is 1. The molecule has 0 atom stereocenters. The molecule has 1 fully saturated rings. The zero-order valence-electron chi connectivity index (χ0n) is 12.4. The molecule has 118 valence electrons. The molecule has 1 saturated heterocycles. The monoisotopic (exact) mass is 321 g/mol. The van der Waals surface area contributed by atoms with E-state index in [1.165, 1.54) is 10.5 Å². The van der Waals surface area contributed by atoms with E-state index >= 15 is 0 Å². The molecule has 0 radical (unpaired) electrons. The van der Waals surface area contributed by atoms with Crippen molar-refractivity contribution in [1.82, 2.24) is 19.1 Å². The van der Waals surface area contributed by atoms with Crippen molar-refractivity contribution in [3.8, 4) is 0 Å². The molecular weight excluding hydrogens is 302 g/mol. The van der Waals surface area contributed by atoms with Crippen LogP contribution in [0.5, 0.6) is 0 Å². The van der Waals surface area contributed by atoms with Gasteiger partial charge in [-0.05, 0) is 25.0 Å². The van der Waals surface area contributed by atoms with Crippen LogP contribution in [0.3, 0.4) is 0 Å². The highest BCUT2D eigenvalue weighted by Gasteiger charge is 2.27. The van der Waals surface area contributed by atoms with E-state index in [0.717, 1.165) is 18.5 Å². The summed E-state index contributed by atoms with van der Waals surface area (Å²) in [4.78, 5) is 4.47. The number of sulfonamides is 1. The van der Waals surface area contributed by atoms with Gasteiger partial charge in [-0.15, -0.1) is 0 Å². The molecule has 0 saturated carbocycles. The molecule has 0 spiro atoms. The van der Waals surface area contributed by atoms with Crippen LogP contribution in [0.4, 0.5) is 5.82 Å². The maximum absolute atomic E-state index is 12.5. The van der Waals surface area contributed by atoms with Crippen molar-refractivity contribution in [2.45, 2.75) is 24.3 Å². The van der Waals surface area contributed by atoms with Crippen LogP contribution in [0.25, 0.3) is 0 Å². The molecule has 7 nitrogen and oxygen atoms in total. The van der Waals surface area contributed by atoms with Gasteiger partial charge in [-0.1, -0.05) is 0 Å². The number of nitrogens with one attached hydrogen (secondary N) is 1. The third-order valence-electron chi connectivity index (χ3n) is 3.81. The molecular formula is C14H19N5O2S. The SMILES string of the molecule is Cn1nccc1CNc1cc(S(=O)(=O)N2CCCC2)ccn1. The number of rotatable bonds is 5. The lowest BCUT2D eigenvalue weighted by molar-refractivity contribution is 0.477. The van der Waals surface area contributed by atoms with E-state index in [1.807, 2.05) is 13.1 Å². The molecule has 1 aliphatic heterocycles. The first-order valence-electron chi connectivity index (χ1n) is 7.24. The summed E-state index contributed by atoms with van der Waals surface area (Å²) in [6.07, 6.45) is 5.10. The first kappa shape index (κ1) is 15.0. The standard InChI is InChI=1S/C14H19N5O2S/c1-18-12(4-7-17-18)11-16-14-10-13(5-6-15-14)22(20,21)19-8-2-3-9-19/h4-7,10H,2-3,8-9,11H2,1H3,(H,15,16). The number of hydrogen-bond donors (Lipinski definition) is 1. The summed E-state index contributed by atoms with van der Waals surface area (Å²) in [5.74, 6) is 0.543. The lowest BCUT2D eigenvalue weighted by Gasteiger charge is -2.16. The summed E-state index contributed by atoms with van der Waals surface area (Å²) in [6.45, 7) is 1.74. The van der Waals surface area contributed by atoms with Gasteiger partial charge in [-0.3, -0.25) is 4.68 Å². The summed E-state index contributed by atoms with van der Waals surface area (Å²) < 4.78 is 28.4. The largest absolute Gasteiger partial charge is 0.364 e. The average molecular weight is 321 g/mol. The van der Waals surface area contributed by atoms with Gasteiger partial charge in [0.15, 0.2) is 0 Å². The summed E-state index contributed by atoms with van der Waals surface area (Å²) in [5, 5.41) is 7.23. The van der Waals surface area contributed by atoms with E-state index in [1.54, 1.807) is 23.0 Å². The van der Waals surface area contributed by atoms with Crippen molar-refractivity contribution in [3.63, 3.8) is 0 Å². The van der Waals surface area contributed by atoms with Crippen LogP contribution in [0.15, 0.2) is 35.5 Å². The van der Waals surface area contributed by atoms with Gasteiger partial charge < -0.3 is 5.32 Å². The fraction of sp³-hybridized carbons (Fsp3) is 0.429. The summed E-state index contributed by atoms with van der Waals surface area (Å²) in [6, 6.07) is 5.03. The van der Waals surface area contributed by atoms with Crippen LogP contribution in [-0.4, -0.2) is 40.6 Å². The highest BCUT2D eigenvalue weighted by atomic mass is 32.2. The third-order valence-corrected chi connectivity index (χ3v) is 5.70. The average Bonchev–Trinajstić information content (AvgIpc) is 3.17. The fourth-order valence-electron chi connectivity index (χ4n) is 2.50. The lowest BCUT2D eigenvalue weighted by Crippen LogP contribution is -2.27. The molecule has 0 amide bonds. The van der Waals surface area contributed by atoms with Crippen molar-refractivity contribution >= 4 is 15.8 Å². The van der Waals surface area contributed by atoms with Gasteiger partial charge in [0.2, 0.25) is 10.0 Å². The highest BCUT2D eigenvalue weighted by molar-refractivity contribution is 7.89. The van der Waals surface area contributed by atoms with Crippen molar-refractivity contribution in [2.75, 3.05) is 18.4 Å². The van der Waals surface area contributed by atoms with Gasteiger partial charge in [-0.2, -0.15) is 9.40 Å². The Balaban J connectivity index is 1.76. The Morgan fingerprint density at radius 1 is 1.23 bits per heavy atom. The highest BCUT2D eigenvalue weighted by Crippen LogP contribution is 2.22. The molecule has 2 aromatic heterocycles. The number of aromatic nitrogens is 3. The molecule has 0 unspecified atom stereocenters. The van der Waals surface area contributed by atoms with Crippen molar-refractivity contribution in [1.29, 1.82) is 0 Å². The topological polar surface area (TPSA) is 80.1 Å². The molecule has 0 aromatic carbocycles. The number of nitrogens with zero attached hydrogens (tertiary/aromatic N) is 4. The molecule has 1 N–H and O–H groups in total. The minimum absolute atomic E-state index is 0.289. The van der Waals surface area contributed by atoms with Crippen LogP contribution < -0.4 is 5.32 Å². The van der Waals surface area contributed by atoms with E-state index < -0.39 is 10.0 Å². The quantitative estimate of drug-likeness (QED) is 0.895. The number of hydrogen-bond acceptors (Lipinski definition) is 5. The fourth-order valence-corrected chi connectivity index (χ4v) is 4.03. The van der Waals surface area contributed by atoms with Gasteiger partial charge in [0, 0.05) is 38.6 Å². The molecule has 0 bridgehead atoms. The zero-order chi connectivity index (χ0) is 15.6. The second kappa shape index (κ2) is 6.05. The predicted molar refractivity (Wildman–Crippen MR) is 82.8 cm³/mol. The molecule has 22 heavy (non-hydrogen) atoms. The predicted octanol–water partition coefficient (Wildman–Crippen LogP) is 1.21. The first-order chi connectivity index (χ1) is 10.6. The minimum Gasteiger partial charge on any atom is -0.364 e. The normalized spacial score (nSPS) is 16.0. The molecule has 0 aliphatic carbocycles. The minimum atomic E-state index is -3.41. The second-order valence-electron chi connectivity index (χ2n) is 5.29. The van der Waals surface area contributed by atoms with Crippen LogP contribution in [0, 0.1) is 0 Å². The first-order valence-corrected chi connectivity index (χ1v) is 8.68. The van der Waals surface area contributed by atoms with Crippen LogP contribution in [0.1, 0.15) is 18.5 Å². The van der Waals surface area contributed by atoms with Crippen LogP contribution in [-0.2, 0) is 23.6 Å². The van der Waals surface area contributed by atoms with Gasteiger partial charge >= 0.3 is 0 Å². The van der Waals surface area contributed by atoms with Crippen molar-refractivity contribution in [3.05, 3.63) is 36.3 Å². The van der Waals surface area contributed by atoms with Crippen LogP contribution in [0.2, 0.25) is 0 Å². The molecule has 3 rings (SSSR count). The van der Waals surface area contributed by atoms with Gasteiger partial charge in [-0.25, -0.2) is 13.4 Å². The summed E-state index contributed by atoms with van der Waals surface area (Å²) in [7, 11) is -1.55. The summed E-state index contributed by atoms with van der Waals surface area (Å²) in [5.41, 5.74) is 0.995. The van der Waals surface area contributed by atoms with E-state index in [9.17, 15) is 8.42 Å². The van der Waals surface area contributed by atoms with E-state index in [-0.39, 0.29) is 4.90 Å². The van der Waals surface area contributed by atoms with Crippen LogP contribution >= 0.6 is 0 Å². The maximum Gasteiger partial charge on any atom is 0.243 e. The molecule has 3 heterocycles. The number of anilines is 1. The van der Waals surface area contributed by atoms with Crippen molar-refractivity contribution < 1.29 is 8.42 Å². The third kappa shape index (κ3) is 2.97. The molecule has 8 heteroatoms. The Morgan fingerprint density at radius 2 is 2.00 bits per heavy atom. The Kier molecular flexibility index (Phi) is 4.12. The van der Waals surface area contributed by atoms with Crippen molar-refractivity contribution in [2.24, 2.45) is 7.05 Å². The van der Waals surface area contributed by atoms with Gasteiger partial charge in [0.1, 0.15) is 5.82 Å². The smallest absolute Gasteiger partial charge is 0.243 e. The van der Waals surface area contributed by atoms with Gasteiger partial charge in [0.25, 0.3) is 0 Å². The molecule has 1 aliphatic rings. The second-order valence-corrected chi connectivity index (χ2v) is 7.23. The lowest BCUT2D eigenvalue weighted by atomic mass is 10.4. The summed E-state index contributed by atoms with van der Waals surface area (Å²) >= 11 is 0. The van der Waals surface area contributed by atoms with E-state index in [2.05, 4.69) is 15.4 Å².